The van der Waals surface area contributed by atoms with E-state index < -0.39 is 0 Å². The van der Waals surface area contributed by atoms with Crippen molar-refractivity contribution >= 4 is 17.7 Å². The molecule has 0 aliphatic carbocycles. The maximum absolute atomic E-state index is 11.4. The number of carbonyl (C=O) groups excluding carboxylic acids is 1. The molecule has 5 nitrogen and oxygen atoms in total. The van der Waals surface area contributed by atoms with E-state index in [1.807, 2.05) is 18.8 Å². The van der Waals surface area contributed by atoms with Crippen molar-refractivity contribution in [2.45, 2.75) is 13.0 Å². The van der Waals surface area contributed by atoms with Crippen LogP contribution in [-0.2, 0) is 6.54 Å². The van der Waals surface area contributed by atoms with E-state index in [4.69, 9.17) is 10.3 Å². The van der Waals surface area contributed by atoms with E-state index in [2.05, 4.69) is 16.6 Å². The van der Waals surface area contributed by atoms with Gasteiger partial charge < -0.3 is 4.42 Å². The summed E-state index contributed by atoms with van der Waals surface area (Å²) in [5.41, 5.74) is 2.62. The molecule has 0 radical (unpaired) electrons. The first-order valence-corrected chi connectivity index (χ1v) is 6.83. The van der Waals surface area contributed by atoms with Crippen LogP contribution in [0.2, 0.25) is 0 Å². The molecule has 1 heterocycles. The second-order valence-electron chi connectivity index (χ2n) is 3.82. The smallest absolute Gasteiger partial charge is 0.268 e. The van der Waals surface area contributed by atoms with E-state index in [0.717, 1.165) is 18.7 Å². The lowest BCUT2D eigenvalue weighted by atomic mass is 10.2. The third-order valence-electron chi connectivity index (χ3n) is 2.42. The van der Waals surface area contributed by atoms with Gasteiger partial charge in [-0.15, -0.1) is 0 Å². The van der Waals surface area contributed by atoms with Gasteiger partial charge in [-0.2, -0.15) is 11.8 Å². The Labute approximate surface area is 106 Å². The van der Waals surface area contributed by atoms with Crippen molar-refractivity contribution in [2.24, 2.45) is 5.84 Å². The lowest BCUT2D eigenvalue weighted by Gasteiger charge is -2.15. The van der Waals surface area contributed by atoms with Gasteiger partial charge >= 0.3 is 0 Å². The van der Waals surface area contributed by atoms with Gasteiger partial charge in [0.15, 0.2) is 0 Å². The highest BCUT2D eigenvalue weighted by atomic mass is 32.2. The molecule has 0 atom stereocenters. The monoisotopic (exact) mass is 257 g/mol. The van der Waals surface area contributed by atoms with Gasteiger partial charge in [0.25, 0.3) is 5.91 Å². The van der Waals surface area contributed by atoms with Crippen molar-refractivity contribution in [3.63, 3.8) is 0 Å². The van der Waals surface area contributed by atoms with Crippen LogP contribution in [0.1, 0.15) is 22.5 Å². The molecule has 1 rings (SSSR count). The van der Waals surface area contributed by atoms with Gasteiger partial charge in [0, 0.05) is 0 Å². The summed E-state index contributed by atoms with van der Waals surface area (Å²) in [6.07, 6.45) is 4.72. The summed E-state index contributed by atoms with van der Waals surface area (Å²) < 4.78 is 5.30. The largest absolute Gasteiger partial charge is 0.467 e. The fourth-order valence-corrected chi connectivity index (χ4v) is 1.96. The molecule has 0 saturated heterocycles. The molecule has 3 N–H and O–H groups in total. The summed E-state index contributed by atoms with van der Waals surface area (Å²) in [6, 6.07) is 1.63. The molecule has 0 bridgehead atoms. The zero-order valence-corrected chi connectivity index (χ0v) is 11.0. The highest BCUT2D eigenvalue weighted by molar-refractivity contribution is 7.98. The van der Waals surface area contributed by atoms with Gasteiger partial charge in [0.05, 0.1) is 18.4 Å². The number of nitrogens with one attached hydrogen (secondary N) is 1. The van der Waals surface area contributed by atoms with Gasteiger partial charge in [-0.3, -0.25) is 15.1 Å². The van der Waals surface area contributed by atoms with Gasteiger partial charge in [0.2, 0.25) is 0 Å². The summed E-state index contributed by atoms with van der Waals surface area (Å²) in [5.74, 6) is 6.58. The van der Waals surface area contributed by atoms with Gasteiger partial charge in [-0.05, 0) is 38.1 Å². The predicted molar refractivity (Wildman–Crippen MR) is 69.7 cm³/mol. The molecule has 6 heteroatoms. The molecule has 96 valence electrons. The van der Waals surface area contributed by atoms with Gasteiger partial charge in [-0.25, -0.2) is 5.84 Å². The van der Waals surface area contributed by atoms with Crippen LogP contribution in [0.15, 0.2) is 16.7 Å². The molecule has 0 saturated carbocycles. The van der Waals surface area contributed by atoms with Crippen LogP contribution in [-0.4, -0.2) is 36.4 Å². The average molecular weight is 257 g/mol. The summed E-state index contributed by atoms with van der Waals surface area (Å²) in [4.78, 5) is 13.5. The van der Waals surface area contributed by atoms with Crippen molar-refractivity contribution in [3.05, 3.63) is 23.7 Å². The minimum atomic E-state index is -0.314. The Morgan fingerprint density at radius 3 is 3.06 bits per heavy atom. The molecular formula is C11H19N3O2S. The lowest BCUT2D eigenvalue weighted by molar-refractivity contribution is 0.0950. The van der Waals surface area contributed by atoms with Crippen LogP contribution < -0.4 is 11.3 Å². The number of nitrogens with two attached hydrogens (primary N) is 1. The maximum atomic E-state index is 11.4. The topological polar surface area (TPSA) is 71.5 Å². The lowest BCUT2D eigenvalue weighted by Crippen LogP contribution is -2.31. The molecule has 0 aliphatic heterocycles. The van der Waals surface area contributed by atoms with Crippen molar-refractivity contribution < 1.29 is 9.21 Å². The number of nitrogens with zero attached hydrogens (tertiary/aromatic N) is 1. The minimum absolute atomic E-state index is 0.314. The number of hydrogen-bond donors (Lipinski definition) is 2. The number of amides is 1. The first kappa shape index (κ1) is 14.1. The van der Waals surface area contributed by atoms with Gasteiger partial charge in [0.1, 0.15) is 5.76 Å². The van der Waals surface area contributed by atoms with E-state index in [-0.39, 0.29) is 5.91 Å². The van der Waals surface area contributed by atoms with Crippen molar-refractivity contribution in [1.82, 2.24) is 10.3 Å². The molecule has 1 aromatic heterocycles. The number of rotatable bonds is 7. The Bertz CT molecular complexity index is 354. The normalized spacial score (nSPS) is 10.8. The van der Waals surface area contributed by atoms with E-state index in [1.54, 1.807) is 6.07 Å². The predicted octanol–water partition coefficient (Wildman–Crippen LogP) is 1.07. The highest BCUT2D eigenvalue weighted by Crippen LogP contribution is 2.12. The van der Waals surface area contributed by atoms with E-state index in [0.29, 0.717) is 17.9 Å². The Balaban J connectivity index is 2.50. The SMILES string of the molecule is CSCCCN(C)Cc1occc1C(=O)NN. The molecule has 17 heavy (non-hydrogen) atoms. The van der Waals surface area contributed by atoms with Crippen molar-refractivity contribution in [2.75, 3.05) is 25.6 Å². The number of hydrazine groups is 1. The Morgan fingerprint density at radius 1 is 1.65 bits per heavy atom. The number of carbonyl (C=O) groups is 1. The third-order valence-corrected chi connectivity index (χ3v) is 3.12. The van der Waals surface area contributed by atoms with Gasteiger partial charge in [-0.1, -0.05) is 0 Å². The van der Waals surface area contributed by atoms with Crippen LogP contribution >= 0.6 is 11.8 Å². The molecule has 0 aromatic carbocycles. The standard InChI is InChI=1S/C11H19N3O2S/c1-14(5-3-7-17-2)8-10-9(4-6-16-10)11(15)13-12/h4,6H,3,5,7-8,12H2,1-2H3,(H,13,15). The fourth-order valence-electron chi connectivity index (χ4n) is 1.55. The Hall–Kier alpha value is -0.980. The number of hydrogen-bond acceptors (Lipinski definition) is 5. The van der Waals surface area contributed by atoms with Crippen LogP contribution in [0.3, 0.4) is 0 Å². The third kappa shape index (κ3) is 4.41. The summed E-state index contributed by atoms with van der Waals surface area (Å²) in [5, 5.41) is 0. The molecule has 1 aromatic rings. The fraction of sp³-hybridized carbons (Fsp3) is 0.545. The van der Waals surface area contributed by atoms with Crippen molar-refractivity contribution in [1.29, 1.82) is 0 Å². The first-order valence-electron chi connectivity index (χ1n) is 5.43. The maximum Gasteiger partial charge on any atom is 0.268 e. The molecular weight excluding hydrogens is 238 g/mol. The molecule has 0 spiro atoms. The highest BCUT2D eigenvalue weighted by Gasteiger charge is 2.14. The van der Waals surface area contributed by atoms with Crippen LogP contribution in [0.5, 0.6) is 0 Å². The van der Waals surface area contributed by atoms with Crippen molar-refractivity contribution in [3.8, 4) is 0 Å². The van der Waals surface area contributed by atoms with E-state index in [1.165, 1.54) is 6.26 Å². The Kier molecular flexibility index (Phi) is 6.10. The minimum Gasteiger partial charge on any atom is -0.467 e. The summed E-state index contributed by atoms with van der Waals surface area (Å²) in [6.45, 7) is 1.59. The average Bonchev–Trinajstić information content (AvgIpc) is 2.76. The van der Waals surface area contributed by atoms with E-state index in [9.17, 15) is 4.79 Å². The van der Waals surface area contributed by atoms with E-state index >= 15 is 0 Å². The zero-order valence-electron chi connectivity index (χ0n) is 10.2. The van der Waals surface area contributed by atoms with Crippen LogP contribution in [0, 0.1) is 0 Å². The number of thioether (sulfide) groups is 1. The second-order valence-corrected chi connectivity index (χ2v) is 4.80. The second kappa shape index (κ2) is 7.37. The molecule has 1 amide bonds. The number of furan rings is 1. The first-order chi connectivity index (χ1) is 8.19. The molecule has 0 fully saturated rings. The Morgan fingerprint density at radius 2 is 2.41 bits per heavy atom. The summed E-state index contributed by atoms with van der Waals surface area (Å²) >= 11 is 1.83. The quantitative estimate of drug-likeness (QED) is 0.331. The number of nitrogen functional groups attached to an aromatic ring is 1. The molecule has 0 unspecified atom stereocenters. The molecule has 0 aliphatic rings. The van der Waals surface area contributed by atoms with Crippen LogP contribution in [0.25, 0.3) is 0 Å². The summed E-state index contributed by atoms with van der Waals surface area (Å²) in [7, 11) is 2.01. The van der Waals surface area contributed by atoms with Crippen LogP contribution in [0.4, 0.5) is 0 Å². The zero-order chi connectivity index (χ0) is 12.7.